The molecule has 0 bridgehead atoms. The maximum atomic E-state index is 6.20. The summed E-state index contributed by atoms with van der Waals surface area (Å²) in [6.45, 7) is 7.56. The van der Waals surface area contributed by atoms with E-state index in [4.69, 9.17) is 10.5 Å². The van der Waals surface area contributed by atoms with Gasteiger partial charge in [0.2, 0.25) is 0 Å². The molecule has 0 aromatic heterocycles. The summed E-state index contributed by atoms with van der Waals surface area (Å²) in [4.78, 5) is 0. The zero-order valence-corrected chi connectivity index (χ0v) is 13.7. The summed E-state index contributed by atoms with van der Waals surface area (Å²) in [5.74, 6) is 1.67. The number of benzene rings is 1. The second-order valence-corrected chi connectivity index (χ2v) is 7.48. The molecule has 106 valence electrons. The highest BCUT2D eigenvalue weighted by molar-refractivity contribution is 9.10. The molecule has 3 heteroatoms. The van der Waals surface area contributed by atoms with E-state index in [1.54, 1.807) is 0 Å². The summed E-state index contributed by atoms with van der Waals surface area (Å²) >= 11 is 3.58. The van der Waals surface area contributed by atoms with E-state index in [2.05, 4.69) is 36.7 Å². The van der Waals surface area contributed by atoms with Crippen LogP contribution in [-0.4, -0.2) is 6.10 Å². The third kappa shape index (κ3) is 3.96. The summed E-state index contributed by atoms with van der Waals surface area (Å²) in [5.41, 5.74) is 7.15. The molecule has 1 fully saturated rings. The third-order valence-electron chi connectivity index (χ3n) is 3.87. The lowest BCUT2D eigenvalue weighted by molar-refractivity contribution is 0.0557. The first kappa shape index (κ1) is 14.9. The van der Waals surface area contributed by atoms with Crippen molar-refractivity contribution < 1.29 is 4.74 Å². The van der Waals surface area contributed by atoms with Crippen LogP contribution in [0.15, 0.2) is 22.7 Å². The fourth-order valence-electron chi connectivity index (χ4n) is 3.29. The highest BCUT2D eigenvalue weighted by atomic mass is 79.9. The smallest absolute Gasteiger partial charge is 0.133 e. The molecule has 0 amide bonds. The summed E-state index contributed by atoms with van der Waals surface area (Å²) in [6.07, 6.45) is 3.88. The van der Waals surface area contributed by atoms with Crippen molar-refractivity contribution >= 4 is 15.9 Å². The highest BCUT2D eigenvalue weighted by Crippen LogP contribution is 2.40. The van der Waals surface area contributed by atoms with Gasteiger partial charge in [0, 0.05) is 6.54 Å². The van der Waals surface area contributed by atoms with Crippen molar-refractivity contribution in [2.24, 2.45) is 17.1 Å². The average Bonchev–Trinajstić information content (AvgIpc) is 2.29. The second-order valence-electron chi connectivity index (χ2n) is 6.62. The van der Waals surface area contributed by atoms with Crippen molar-refractivity contribution in [3.05, 3.63) is 28.2 Å². The predicted octanol–water partition coefficient (Wildman–Crippen LogP) is 4.50. The number of halogens is 1. The Balaban J connectivity index is 2.08. The normalized spacial score (nSPS) is 26.2. The van der Waals surface area contributed by atoms with Gasteiger partial charge in [0.1, 0.15) is 5.75 Å². The molecule has 2 unspecified atom stereocenters. The first-order chi connectivity index (χ1) is 8.89. The molecule has 0 aliphatic heterocycles. The van der Waals surface area contributed by atoms with E-state index in [-0.39, 0.29) is 0 Å². The molecule has 1 aliphatic carbocycles. The molecule has 0 spiro atoms. The minimum atomic E-state index is 0.318. The van der Waals surface area contributed by atoms with Crippen molar-refractivity contribution in [3.8, 4) is 5.75 Å². The van der Waals surface area contributed by atoms with Crippen molar-refractivity contribution in [3.63, 3.8) is 0 Å². The fourth-order valence-corrected chi connectivity index (χ4v) is 3.81. The molecule has 19 heavy (non-hydrogen) atoms. The third-order valence-corrected chi connectivity index (χ3v) is 4.49. The second kappa shape index (κ2) is 5.84. The summed E-state index contributed by atoms with van der Waals surface area (Å²) in [7, 11) is 0. The minimum absolute atomic E-state index is 0.318. The molecule has 1 aromatic rings. The number of hydrogen-bond acceptors (Lipinski definition) is 2. The zero-order chi connectivity index (χ0) is 14.0. The van der Waals surface area contributed by atoms with Gasteiger partial charge in [0.15, 0.2) is 0 Å². The van der Waals surface area contributed by atoms with Crippen molar-refractivity contribution in [1.82, 2.24) is 0 Å². The summed E-state index contributed by atoms with van der Waals surface area (Å²) in [5, 5.41) is 0. The number of hydrogen-bond donors (Lipinski definition) is 1. The van der Waals surface area contributed by atoms with Gasteiger partial charge in [0.25, 0.3) is 0 Å². The maximum absolute atomic E-state index is 6.20. The summed E-state index contributed by atoms with van der Waals surface area (Å²) in [6, 6.07) is 6.11. The van der Waals surface area contributed by atoms with Crippen LogP contribution in [0.25, 0.3) is 0 Å². The van der Waals surface area contributed by atoms with Crippen LogP contribution in [0.1, 0.15) is 45.6 Å². The van der Waals surface area contributed by atoms with Gasteiger partial charge in [-0.05, 0) is 64.2 Å². The lowest BCUT2D eigenvalue weighted by Crippen LogP contribution is -2.34. The van der Waals surface area contributed by atoms with Crippen LogP contribution in [0.5, 0.6) is 5.75 Å². The molecule has 1 aliphatic rings. The Morgan fingerprint density at radius 1 is 1.37 bits per heavy atom. The molecule has 1 aromatic carbocycles. The van der Waals surface area contributed by atoms with Crippen LogP contribution in [0.4, 0.5) is 0 Å². The largest absolute Gasteiger partial charge is 0.489 e. The lowest BCUT2D eigenvalue weighted by atomic mass is 9.71. The average molecular weight is 326 g/mol. The monoisotopic (exact) mass is 325 g/mol. The topological polar surface area (TPSA) is 35.2 Å². The Kier molecular flexibility index (Phi) is 4.57. The molecule has 0 saturated heterocycles. The van der Waals surface area contributed by atoms with Gasteiger partial charge in [-0.3, -0.25) is 0 Å². The van der Waals surface area contributed by atoms with Crippen molar-refractivity contribution in [2.45, 2.75) is 52.7 Å². The predicted molar refractivity (Wildman–Crippen MR) is 83.2 cm³/mol. The molecular formula is C16H24BrNO. The van der Waals surface area contributed by atoms with Gasteiger partial charge in [-0.25, -0.2) is 0 Å². The van der Waals surface area contributed by atoms with E-state index in [9.17, 15) is 0 Å². The van der Waals surface area contributed by atoms with Gasteiger partial charge in [-0.2, -0.15) is 0 Å². The standard InChI is InChI=1S/C16H24BrNO/c1-11-6-13(9-16(2,3)8-11)19-15-5-4-12(10-18)7-14(15)17/h4-5,7,11,13H,6,8-10,18H2,1-3H3. The van der Waals surface area contributed by atoms with E-state index >= 15 is 0 Å². The lowest BCUT2D eigenvalue weighted by Gasteiger charge is -2.39. The number of ether oxygens (including phenoxy) is 1. The fraction of sp³-hybridized carbons (Fsp3) is 0.625. The van der Waals surface area contributed by atoms with Crippen LogP contribution >= 0.6 is 15.9 Å². The quantitative estimate of drug-likeness (QED) is 0.887. The molecule has 2 N–H and O–H groups in total. The van der Waals surface area contributed by atoms with Crippen LogP contribution in [0, 0.1) is 11.3 Å². The zero-order valence-electron chi connectivity index (χ0n) is 12.1. The van der Waals surface area contributed by atoms with Crippen LogP contribution < -0.4 is 10.5 Å². The SMILES string of the molecule is CC1CC(Oc2ccc(CN)cc2Br)CC(C)(C)C1. The first-order valence-corrected chi connectivity index (χ1v) is 7.84. The van der Waals surface area contributed by atoms with Gasteiger partial charge in [-0.1, -0.05) is 26.8 Å². The first-order valence-electron chi connectivity index (χ1n) is 7.05. The molecule has 0 radical (unpaired) electrons. The maximum Gasteiger partial charge on any atom is 0.133 e. The van der Waals surface area contributed by atoms with Crippen LogP contribution in [-0.2, 0) is 6.54 Å². The van der Waals surface area contributed by atoms with Crippen molar-refractivity contribution in [1.29, 1.82) is 0 Å². The Morgan fingerprint density at radius 3 is 2.68 bits per heavy atom. The number of nitrogens with two attached hydrogens (primary N) is 1. The minimum Gasteiger partial charge on any atom is -0.489 e. The van der Waals surface area contributed by atoms with Crippen LogP contribution in [0.2, 0.25) is 0 Å². The van der Waals surface area contributed by atoms with E-state index in [0.717, 1.165) is 34.5 Å². The molecule has 0 heterocycles. The van der Waals surface area contributed by atoms with Gasteiger partial charge in [0.05, 0.1) is 10.6 Å². The van der Waals surface area contributed by atoms with E-state index in [1.807, 2.05) is 18.2 Å². The Hall–Kier alpha value is -0.540. The number of rotatable bonds is 3. The van der Waals surface area contributed by atoms with E-state index in [0.29, 0.717) is 18.1 Å². The highest BCUT2D eigenvalue weighted by Gasteiger charge is 2.33. The molecule has 2 rings (SSSR count). The van der Waals surface area contributed by atoms with Gasteiger partial charge in [-0.15, -0.1) is 0 Å². The van der Waals surface area contributed by atoms with E-state index in [1.165, 1.54) is 6.42 Å². The Bertz CT molecular complexity index is 444. The van der Waals surface area contributed by atoms with E-state index < -0.39 is 0 Å². The van der Waals surface area contributed by atoms with Gasteiger partial charge < -0.3 is 10.5 Å². The van der Waals surface area contributed by atoms with Gasteiger partial charge >= 0.3 is 0 Å². The summed E-state index contributed by atoms with van der Waals surface area (Å²) < 4.78 is 7.21. The van der Waals surface area contributed by atoms with Crippen molar-refractivity contribution in [2.75, 3.05) is 0 Å². The molecular weight excluding hydrogens is 302 g/mol. The molecule has 2 atom stereocenters. The Morgan fingerprint density at radius 2 is 2.11 bits per heavy atom. The van der Waals surface area contributed by atoms with Crippen LogP contribution in [0.3, 0.4) is 0 Å². The Labute approximate surface area is 124 Å². The molecule has 2 nitrogen and oxygen atoms in total. The molecule has 1 saturated carbocycles.